The van der Waals surface area contributed by atoms with Crippen molar-refractivity contribution in [1.82, 2.24) is 24.1 Å². The Morgan fingerprint density at radius 1 is 0.531 bits per heavy atom. The molecule has 7 rings (SSSR count). The van der Waals surface area contributed by atoms with Crippen molar-refractivity contribution in [2.45, 2.75) is 0 Å². The molecule has 0 saturated heterocycles. The summed E-state index contributed by atoms with van der Waals surface area (Å²) in [5.74, 6) is 0.833. The molecule has 0 spiro atoms. The summed E-state index contributed by atoms with van der Waals surface area (Å²) in [6, 6.07) is 31.0. The molecule has 7 aromatic rings. The molecule has 2 aromatic carbocycles. The monoisotopic (exact) mass is 411 g/mol. The zero-order chi connectivity index (χ0) is 21.1. The van der Waals surface area contributed by atoms with Gasteiger partial charge in [-0.15, -0.1) is 0 Å². The summed E-state index contributed by atoms with van der Waals surface area (Å²) < 4.78 is 4.38. The molecular formula is C27H17N5. The first-order valence-electron chi connectivity index (χ1n) is 10.6. The molecule has 0 N–H and O–H groups in total. The Labute approximate surface area is 183 Å². The van der Waals surface area contributed by atoms with Gasteiger partial charge in [0, 0.05) is 28.9 Å². The number of hydrogen-bond acceptors (Lipinski definition) is 3. The maximum Gasteiger partial charge on any atom is 0.149 e. The lowest BCUT2D eigenvalue weighted by Crippen LogP contribution is -1.98. The Kier molecular flexibility index (Phi) is 3.49. The third-order valence-electron chi connectivity index (χ3n) is 6.01. The average molecular weight is 411 g/mol. The van der Waals surface area contributed by atoms with Crippen LogP contribution in [0.1, 0.15) is 0 Å². The van der Waals surface area contributed by atoms with Crippen molar-refractivity contribution in [3.8, 4) is 11.5 Å². The molecule has 0 bridgehead atoms. The van der Waals surface area contributed by atoms with Crippen LogP contribution in [0.5, 0.6) is 0 Å². The van der Waals surface area contributed by atoms with Crippen LogP contribution in [-0.2, 0) is 0 Å². The summed E-state index contributed by atoms with van der Waals surface area (Å²) in [6.45, 7) is 0. The largest absolute Gasteiger partial charge is 0.308 e. The minimum atomic E-state index is 0.833. The van der Waals surface area contributed by atoms with Crippen molar-refractivity contribution in [3.05, 3.63) is 103 Å². The van der Waals surface area contributed by atoms with Gasteiger partial charge >= 0.3 is 0 Å². The molecule has 5 aromatic heterocycles. The molecule has 0 aliphatic rings. The molecule has 150 valence electrons. The number of benzene rings is 2. The van der Waals surface area contributed by atoms with Gasteiger partial charge in [-0.3, -0.25) is 9.55 Å². The topological polar surface area (TPSA) is 48.5 Å². The predicted octanol–water partition coefficient (Wildman–Crippen LogP) is 6.07. The summed E-state index contributed by atoms with van der Waals surface area (Å²) >= 11 is 0. The first-order valence-corrected chi connectivity index (χ1v) is 10.6. The third kappa shape index (κ3) is 2.30. The number of fused-ring (bicyclic) bond motifs is 6. The number of nitrogens with zero attached hydrogens (tertiary/aromatic N) is 5. The van der Waals surface area contributed by atoms with Crippen molar-refractivity contribution >= 4 is 44.0 Å². The summed E-state index contributed by atoms with van der Waals surface area (Å²) in [4.78, 5) is 14.6. The van der Waals surface area contributed by atoms with E-state index in [-0.39, 0.29) is 0 Å². The van der Waals surface area contributed by atoms with Crippen molar-refractivity contribution in [1.29, 1.82) is 0 Å². The summed E-state index contributed by atoms with van der Waals surface area (Å²) in [5, 5.41) is 2.14. The van der Waals surface area contributed by atoms with Gasteiger partial charge in [0.15, 0.2) is 0 Å². The number of para-hydroxylation sites is 2. The van der Waals surface area contributed by atoms with Crippen LogP contribution in [0.4, 0.5) is 0 Å². The minimum absolute atomic E-state index is 0.833. The number of pyridine rings is 3. The van der Waals surface area contributed by atoms with E-state index in [0.29, 0.717) is 0 Å². The zero-order valence-electron chi connectivity index (χ0n) is 17.1. The highest BCUT2D eigenvalue weighted by Gasteiger charge is 2.20. The van der Waals surface area contributed by atoms with Crippen molar-refractivity contribution in [3.63, 3.8) is 0 Å². The molecule has 0 amide bonds. The molecule has 5 heteroatoms. The van der Waals surface area contributed by atoms with Gasteiger partial charge in [0.05, 0.1) is 27.6 Å². The number of hydrogen-bond donors (Lipinski definition) is 0. The lowest BCUT2D eigenvalue weighted by atomic mass is 10.2. The maximum absolute atomic E-state index is 5.23. The fraction of sp³-hybridized carbons (Fsp3) is 0. The maximum atomic E-state index is 5.23. The molecule has 0 aliphatic heterocycles. The van der Waals surface area contributed by atoms with E-state index < -0.39 is 0 Å². The Balaban J connectivity index is 1.71. The Morgan fingerprint density at radius 2 is 1.31 bits per heavy atom. The molecule has 0 aliphatic carbocycles. The molecule has 0 atom stereocenters. The first kappa shape index (κ1) is 17.2. The van der Waals surface area contributed by atoms with Crippen LogP contribution in [0.25, 0.3) is 55.5 Å². The van der Waals surface area contributed by atoms with E-state index in [1.807, 2.05) is 42.7 Å². The fourth-order valence-corrected chi connectivity index (χ4v) is 4.68. The van der Waals surface area contributed by atoms with Crippen LogP contribution >= 0.6 is 0 Å². The quantitative estimate of drug-likeness (QED) is 0.347. The number of aromatic nitrogens is 5. The standard InChI is InChI=1S/C27H17N5/c1-2-9-18(10-3-1)31-21-12-5-4-11-19(21)26-23(31)17-20-25-22(13-8-16-29-25)32(27(20)30-26)24-14-6-7-15-28-24/h1-17H. The zero-order valence-corrected chi connectivity index (χ0v) is 17.1. The Morgan fingerprint density at radius 3 is 2.19 bits per heavy atom. The highest BCUT2D eigenvalue weighted by atomic mass is 15.1. The van der Waals surface area contributed by atoms with E-state index in [9.17, 15) is 0 Å². The van der Waals surface area contributed by atoms with Crippen molar-refractivity contribution < 1.29 is 0 Å². The molecule has 0 saturated carbocycles. The Hall–Kier alpha value is -4.51. The Bertz CT molecular complexity index is 1630. The minimum Gasteiger partial charge on any atom is -0.308 e. The van der Waals surface area contributed by atoms with Crippen molar-refractivity contribution in [2.75, 3.05) is 0 Å². The summed E-state index contributed by atoms with van der Waals surface area (Å²) in [6.07, 6.45) is 3.64. The van der Waals surface area contributed by atoms with E-state index in [1.54, 1.807) is 0 Å². The van der Waals surface area contributed by atoms with Gasteiger partial charge < -0.3 is 4.57 Å². The lowest BCUT2D eigenvalue weighted by Gasteiger charge is -2.07. The van der Waals surface area contributed by atoms with Gasteiger partial charge in [0.2, 0.25) is 0 Å². The first-order chi connectivity index (χ1) is 15.9. The van der Waals surface area contributed by atoms with Crippen LogP contribution in [-0.4, -0.2) is 24.1 Å². The molecule has 32 heavy (non-hydrogen) atoms. The van der Waals surface area contributed by atoms with Gasteiger partial charge in [-0.25, -0.2) is 9.97 Å². The van der Waals surface area contributed by atoms with Crippen LogP contribution in [0.2, 0.25) is 0 Å². The van der Waals surface area contributed by atoms with Gasteiger partial charge in [-0.2, -0.15) is 0 Å². The van der Waals surface area contributed by atoms with Crippen molar-refractivity contribution in [2.24, 2.45) is 0 Å². The molecule has 5 nitrogen and oxygen atoms in total. The van der Waals surface area contributed by atoms with Crippen LogP contribution in [0.3, 0.4) is 0 Å². The van der Waals surface area contributed by atoms with Crippen LogP contribution < -0.4 is 0 Å². The van der Waals surface area contributed by atoms with Crippen LogP contribution in [0.15, 0.2) is 103 Å². The normalized spacial score (nSPS) is 11.8. The van der Waals surface area contributed by atoms with Gasteiger partial charge in [0.25, 0.3) is 0 Å². The second kappa shape index (κ2) is 6.49. The second-order valence-electron chi connectivity index (χ2n) is 7.81. The van der Waals surface area contributed by atoms with E-state index in [1.165, 1.54) is 0 Å². The summed E-state index contributed by atoms with van der Waals surface area (Å²) in [7, 11) is 0. The van der Waals surface area contributed by atoms with Gasteiger partial charge in [-0.1, -0.05) is 42.5 Å². The fourth-order valence-electron chi connectivity index (χ4n) is 4.68. The smallest absolute Gasteiger partial charge is 0.149 e. The third-order valence-corrected chi connectivity index (χ3v) is 6.01. The highest BCUT2D eigenvalue weighted by molar-refractivity contribution is 6.14. The summed E-state index contributed by atoms with van der Waals surface area (Å²) in [5.41, 5.74) is 7.06. The molecule has 0 fully saturated rings. The van der Waals surface area contributed by atoms with Crippen LogP contribution in [0, 0.1) is 0 Å². The predicted molar refractivity (Wildman–Crippen MR) is 129 cm³/mol. The van der Waals surface area contributed by atoms with E-state index in [0.717, 1.165) is 55.5 Å². The van der Waals surface area contributed by atoms with E-state index >= 15 is 0 Å². The molecule has 0 radical (unpaired) electrons. The van der Waals surface area contributed by atoms with E-state index in [4.69, 9.17) is 9.97 Å². The molecular weight excluding hydrogens is 394 g/mol. The van der Waals surface area contributed by atoms with Gasteiger partial charge in [-0.05, 0) is 48.5 Å². The van der Waals surface area contributed by atoms with E-state index in [2.05, 4.69) is 74.8 Å². The molecule has 0 unspecified atom stereocenters. The average Bonchev–Trinajstić information content (AvgIpc) is 3.36. The van der Waals surface area contributed by atoms with Gasteiger partial charge in [0.1, 0.15) is 11.5 Å². The number of rotatable bonds is 2. The SMILES string of the molecule is c1ccc(-n2c3ccccc3c3nc4c(cc32)c2ncccc2n4-c2ccccn2)cc1. The highest BCUT2D eigenvalue weighted by Crippen LogP contribution is 2.36. The lowest BCUT2D eigenvalue weighted by molar-refractivity contribution is 1.06. The second-order valence-corrected chi connectivity index (χ2v) is 7.81. The molecule has 5 heterocycles.